The minimum atomic E-state index is -0.668. The summed E-state index contributed by atoms with van der Waals surface area (Å²) in [6, 6.07) is 48.8. The monoisotopic (exact) mass is 1010 g/mol. The van der Waals surface area contributed by atoms with Gasteiger partial charge in [0.05, 0.1) is 22.3 Å². The number of fused-ring (bicyclic) bond motifs is 1. The minimum absolute atomic E-state index is 0. The molecule has 0 atom stereocenters. The third-order valence-corrected chi connectivity index (χ3v) is 12.0. The van der Waals surface area contributed by atoms with Crippen LogP contribution < -0.4 is 0 Å². The molecule has 0 saturated heterocycles. The molecule has 2 aromatic heterocycles. The minimum Gasteiger partial charge on any atom is -0.507 e. The van der Waals surface area contributed by atoms with Gasteiger partial charge in [-0.15, -0.1) is 29.3 Å². The summed E-state index contributed by atoms with van der Waals surface area (Å²) in [5, 5.41) is 12.0. The third kappa shape index (κ3) is 9.39. The van der Waals surface area contributed by atoms with Crippen LogP contribution in [0.4, 0.5) is 0 Å². The van der Waals surface area contributed by atoms with E-state index in [1.54, 1.807) is 0 Å². The van der Waals surface area contributed by atoms with Gasteiger partial charge in [-0.2, -0.15) is 0 Å². The van der Waals surface area contributed by atoms with Crippen LogP contribution in [0.15, 0.2) is 134 Å². The van der Waals surface area contributed by atoms with Crippen LogP contribution in [0.25, 0.3) is 72.7 Å². The van der Waals surface area contributed by atoms with Crippen molar-refractivity contribution in [2.24, 2.45) is 5.92 Å². The van der Waals surface area contributed by atoms with Crippen molar-refractivity contribution in [1.82, 2.24) is 14.5 Å². The van der Waals surface area contributed by atoms with Crippen LogP contribution >= 0.6 is 0 Å². The van der Waals surface area contributed by atoms with Crippen molar-refractivity contribution in [3.05, 3.63) is 167 Å². The Balaban J connectivity index is 0.00000612. The van der Waals surface area contributed by atoms with Crippen molar-refractivity contribution in [1.29, 1.82) is 0 Å². The molecule has 5 heteroatoms. The molecule has 0 amide bonds. The summed E-state index contributed by atoms with van der Waals surface area (Å²) >= 11 is 0. The molecule has 1 N–H and O–H groups in total. The molecule has 0 bridgehead atoms. The summed E-state index contributed by atoms with van der Waals surface area (Å²) in [5.74, 6) is 0.742. The zero-order chi connectivity index (χ0) is 45.0. The van der Waals surface area contributed by atoms with E-state index in [-0.39, 0.29) is 37.6 Å². The predicted octanol–water partition coefficient (Wildman–Crippen LogP) is 15.5. The Kier molecular flexibility index (Phi) is 12.5. The third-order valence-electron chi connectivity index (χ3n) is 12.0. The summed E-state index contributed by atoms with van der Waals surface area (Å²) < 4.78 is 10.8. The zero-order valence-corrected chi connectivity index (χ0v) is 40.9. The Bertz CT molecular complexity index is 2960. The number of hydrogen-bond donors (Lipinski definition) is 1. The van der Waals surface area contributed by atoms with Crippen molar-refractivity contribution >= 4 is 11.0 Å². The Labute approximate surface area is 391 Å². The molecule has 2 heterocycles. The topological polar surface area (TPSA) is 50.9 Å². The number of hydrogen-bond acceptors (Lipinski definition) is 3. The Hall–Kier alpha value is -5.57. The van der Waals surface area contributed by atoms with E-state index in [0.29, 0.717) is 17.3 Å². The van der Waals surface area contributed by atoms with E-state index in [0.717, 1.165) is 90.0 Å². The van der Waals surface area contributed by atoms with Crippen molar-refractivity contribution in [3.8, 4) is 67.5 Å². The number of aromatic nitrogens is 3. The number of pyridine rings is 1. The number of imidazole rings is 1. The molecule has 8 aromatic rings. The standard InChI is InChI=1S/C58H60N3O.Pt/c1-36(2)28-39-20-25-52(49(30-39)42-16-13-12-14-17-42)61-53-19-15-18-48(54(53)60-56(61)50-35-46(57(6,7)8)29-38(5)55(50)62)44-31-45(33-47(32-44)58(9,10)11)51-34-43(26-27-59-51)41-23-21-40(22-24-41)37(3)4;/h12-27,29-30,32-37,62H,28H2,1-11H3;/q-1;/i37D;. The van der Waals surface area contributed by atoms with Crippen molar-refractivity contribution in [2.45, 2.75) is 99.3 Å². The molecule has 324 valence electrons. The summed E-state index contributed by atoms with van der Waals surface area (Å²) in [5.41, 5.74) is 16.4. The first-order chi connectivity index (χ1) is 29.8. The number of phenols is 1. The maximum atomic E-state index is 12.0. The molecule has 0 spiro atoms. The van der Waals surface area contributed by atoms with Crippen LogP contribution in [0.2, 0.25) is 0 Å². The van der Waals surface area contributed by atoms with E-state index in [9.17, 15) is 5.11 Å². The molecule has 0 aliphatic heterocycles. The largest absolute Gasteiger partial charge is 0.507 e. The van der Waals surface area contributed by atoms with Gasteiger partial charge >= 0.3 is 0 Å². The molecule has 0 aliphatic carbocycles. The van der Waals surface area contributed by atoms with E-state index in [4.69, 9.17) is 11.3 Å². The van der Waals surface area contributed by atoms with Crippen molar-refractivity contribution in [2.75, 3.05) is 0 Å². The summed E-state index contributed by atoms with van der Waals surface area (Å²) in [6.45, 7) is 23.7. The Morgan fingerprint density at radius 2 is 1.35 bits per heavy atom. The van der Waals surface area contributed by atoms with Crippen LogP contribution in [0.1, 0.15) is 104 Å². The van der Waals surface area contributed by atoms with Gasteiger partial charge in [-0.25, -0.2) is 4.98 Å². The van der Waals surface area contributed by atoms with Crippen molar-refractivity contribution < 1.29 is 27.5 Å². The maximum absolute atomic E-state index is 12.0. The average Bonchev–Trinajstić information content (AvgIpc) is 3.63. The van der Waals surface area contributed by atoms with Gasteiger partial charge in [0.25, 0.3) is 0 Å². The number of para-hydroxylation sites is 1. The Morgan fingerprint density at radius 3 is 2.02 bits per heavy atom. The van der Waals surface area contributed by atoms with Gasteiger partial charge in [0.1, 0.15) is 11.6 Å². The van der Waals surface area contributed by atoms with Gasteiger partial charge in [0, 0.05) is 39.9 Å². The molecule has 0 aliphatic rings. The number of aryl methyl sites for hydroxylation is 1. The molecule has 8 rings (SSSR count). The van der Waals surface area contributed by atoms with E-state index in [2.05, 4.69) is 175 Å². The molecule has 0 unspecified atom stereocenters. The molecule has 0 fully saturated rings. The van der Waals surface area contributed by atoms with E-state index in [1.807, 2.05) is 45.2 Å². The summed E-state index contributed by atoms with van der Waals surface area (Å²) in [4.78, 5) is 10.5. The molecule has 6 aromatic carbocycles. The van der Waals surface area contributed by atoms with E-state index >= 15 is 0 Å². The predicted molar refractivity (Wildman–Crippen MR) is 261 cm³/mol. The molecule has 0 radical (unpaired) electrons. The van der Waals surface area contributed by atoms with Gasteiger partial charge in [-0.3, -0.25) is 9.55 Å². The number of nitrogens with zero attached hydrogens (tertiary/aromatic N) is 3. The smallest absolute Gasteiger partial charge is 0.148 e. The fourth-order valence-corrected chi connectivity index (χ4v) is 8.39. The van der Waals surface area contributed by atoms with E-state index < -0.39 is 5.89 Å². The first-order valence-corrected chi connectivity index (χ1v) is 22.0. The fraction of sp³-hybridized carbons (Fsp3) is 0.276. The molecule has 4 nitrogen and oxygen atoms in total. The molecular weight excluding hydrogens is 950 g/mol. The summed E-state index contributed by atoms with van der Waals surface area (Å²) in [6.07, 6.45) is 2.84. The Morgan fingerprint density at radius 1 is 0.667 bits per heavy atom. The molecular formula is C58H60N3OPt-. The normalized spacial score (nSPS) is 12.4. The summed E-state index contributed by atoms with van der Waals surface area (Å²) in [7, 11) is 0. The van der Waals surface area contributed by atoms with Gasteiger partial charge in [-0.05, 0) is 105 Å². The average molecular weight is 1010 g/mol. The van der Waals surface area contributed by atoms with Gasteiger partial charge in [0.15, 0.2) is 0 Å². The maximum Gasteiger partial charge on any atom is 0.148 e. The first kappa shape index (κ1) is 44.1. The number of benzene rings is 6. The van der Waals surface area contributed by atoms with Gasteiger partial charge < -0.3 is 5.11 Å². The molecule has 0 saturated carbocycles. The first-order valence-electron chi connectivity index (χ1n) is 22.5. The van der Waals surface area contributed by atoms with Crippen LogP contribution in [0.5, 0.6) is 5.75 Å². The second-order valence-electron chi connectivity index (χ2n) is 19.7. The molecule has 63 heavy (non-hydrogen) atoms. The van der Waals surface area contributed by atoms with E-state index in [1.165, 1.54) is 5.56 Å². The van der Waals surface area contributed by atoms with Gasteiger partial charge in [0.2, 0.25) is 0 Å². The quantitative estimate of drug-likeness (QED) is 0.147. The number of phenolic OH excluding ortho intramolecular Hbond substituents is 1. The number of aromatic hydroxyl groups is 1. The second-order valence-corrected chi connectivity index (χ2v) is 19.7. The van der Waals surface area contributed by atoms with Crippen LogP contribution in [0, 0.1) is 18.9 Å². The zero-order valence-electron chi connectivity index (χ0n) is 39.6. The van der Waals surface area contributed by atoms with Crippen LogP contribution in [-0.2, 0) is 38.3 Å². The van der Waals surface area contributed by atoms with Crippen LogP contribution in [-0.4, -0.2) is 19.6 Å². The second kappa shape index (κ2) is 17.9. The van der Waals surface area contributed by atoms with Gasteiger partial charge in [-0.1, -0.05) is 165 Å². The fourth-order valence-electron chi connectivity index (χ4n) is 8.39. The van der Waals surface area contributed by atoms with Crippen molar-refractivity contribution in [3.63, 3.8) is 0 Å². The number of rotatable bonds is 9. The SMILES string of the molecule is [2H]C(C)(C)c1ccc(-c2ccnc(-c3[c-]c(-c4cccc5c4nc(-c4cc(C(C)(C)C)cc(C)c4O)n5-c4ccc(CC(C)C)cc4-c4ccccc4)cc(C(C)(C)C)c3)c2)cc1.[Pt]. The van der Waals surface area contributed by atoms with Crippen LogP contribution in [0.3, 0.4) is 0 Å².